The molecule has 0 bridgehead atoms. The summed E-state index contributed by atoms with van der Waals surface area (Å²) < 4.78 is 13.0. The Morgan fingerprint density at radius 2 is 1.62 bits per heavy atom. The maximum atomic E-state index is 13.0. The average Bonchev–Trinajstić information content (AvgIpc) is 2.75. The molecule has 0 aliphatic heterocycles. The molecule has 142 valence electrons. The molecular weight excluding hydrogens is 371 g/mol. The molecule has 3 aromatic carbocycles. The molecule has 0 atom stereocenters. The van der Waals surface area contributed by atoms with Gasteiger partial charge in [0, 0.05) is 5.56 Å². The number of rotatable bonds is 5. The smallest absolute Gasteiger partial charge is 0.273 e. The summed E-state index contributed by atoms with van der Waals surface area (Å²) in [6.07, 6.45) is 1.44. The molecule has 0 radical (unpaired) electrons. The Balaban J connectivity index is 1.69. The molecule has 0 unspecified atom stereocenters. The summed E-state index contributed by atoms with van der Waals surface area (Å²) in [5.74, 6) is -1.42. The van der Waals surface area contributed by atoms with Crippen LogP contribution in [0.1, 0.15) is 31.8 Å². The van der Waals surface area contributed by atoms with Crippen molar-refractivity contribution >= 4 is 23.7 Å². The second kappa shape index (κ2) is 9.06. The van der Waals surface area contributed by atoms with E-state index >= 15 is 0 Å². The van der Waals surface area contributed by atoms with Crippen LogP contribution in [-0.4, -0.2) is 18.0 Å². The van der Waals surface area contributed by atoms with E-state index in [4.69, 9.17) is 5.26 Å². The van der Waals surface area contributed by atoms with Crippen LogP contribution in [0.25, 0.3) is 0 Å². The van der Waals surface area contributed by atoms with Crippen LogP contribution in [0.15, 0.2) is 77.9 Å². The fourth-order valence-electron chi connectivity index (χ4n) is 2.46. The lowest BCUT2D eigenvalue weighted by atomic mass is 10.1. The highest BCUT2D eigenvalue weighted by atomic mass is 19.1. The molecule has 0 saturated heterocycles. The minimum atomic E-state index is -0.509. The third kappa shape index (κ3) is 5.11. The van der Waals surface area contributed by atoms with Crippen LogP contribution in [0, 0.1) is 17.1 Å². The zero-order valence-electron chi connectivity index (χ0n) is 15.1. The number of benzene rings is 3. The van der Waals surface area contributed by atoms with Crippen molar-refractivity contribution < 1.29 is 14.0 Å². The zero-order chi connectivity index (χ0) is 20.6. The van der Waals surface area contributed by atoms with Crippen molar-refractivity contribution in [2.75, 3.05) is 5.32 Å². The molecule has 0 aliphatic carbocycles. The molecule has 0 aliphatic rings. The number of carbonyl (C=O) groups is 2. The first-order valence-corrected chi connectivity index (χ1v) is 8.56. The lowest BCUT2D eigenvalue weighted by Gasteiger charge is -2.10. The summed E-state index contributed by atoms with van der Waals surface area (Å²) in [5, 5.41) is 15.3. The van der Waals surface area contributed by atoms with E-state index < -0.39 is 17.6 Å². The number of para-hydroxylation sites is 1. The van der Waals surface area contributed by atoms with Crippen LogP contribution >= 0.6 is 0 Å². The minimum Gasteiger partial charge on any atom is -0.321 e. The number of hydrazone groups is 1. The highest BCUT2D eigenvalue weighted by Gasteiger charge is 2.13. The van der Waals surface area contributed by atoms with Gasteiger partial charge in [0.05, 0.1) is 29.1 Å². The van der Waals surface area contributed by atoms with E-state index in [1.807, 2.05) is 6.07 Å². The van der Waals surface area contributed by atoms with E-state index in [9.17, 15) is 14.0 Å². The lowest BCUT2D eigenvalue weighted by Crippen LogP contribution is -2.21. The molecule has 29 heavy (non-hydrogen) atoms. The SMILES string of the molecule is N#Cc1ccc(/C=N\NC(=O)c2ccccc2NC(=O)c2ccc(F)cc2)cc1. The predicted molar refractivity (Wildman–Crippen MR) is 107 cm³/mol. The summed E-state index contributed by atoms with van der Waals surface area (Å²) in [6.45, 7) is 0. The number of hydrogen-bond donors (Lipinski definition) is 2. The summed E-state index contributed by atoms with van der Waals surface area (Å²) in [5.41, 5.74) is 4.42. The number of hydrogen-bond acceptors (Lipinski definition) is 4. The van der Waals surface area contributed by atoms with Crippen LogP contribution in [0.3, 0.4) is 0 Å². The highest BCUT2D eigenvalue weighted by Crippen LogP contribution is 2.16. The van der Waals surface area contributed by atoms with Gasteiger partial charge in [0.25, 0.3) is 11.8 Å². The van der Waals surface area contributed by atoms with Crippen molar-refractivity contribution in [1.29, 1.82) is 5.26 Å². The number of nitrogens with zero attached hydrogens (tertiary/aromatic N) is 2. The van der Waals surface area contributed by atoms with Gasteiger partial charge in [-0.25, -0.2) is 9.82 Å². The minimum absolute atomic E-state index is 0.222. The number of halogens is 1. The maximum absolute atomic E-state index is 13.0. The Bertz CT molecular complexity index is 1100. The molecular formula is C22H15FN4O2. The van der Waals surface area contributed by atoms with Gasteiger partial charge in [-0.1, -0.05) is 24.3 Å². The van der Waals surface area contributed by atoms with E-state index in [0.29, 0.717) is 16.8 Å². The number of anilines is 1. The third-order valence-electron chi connectivity index (χ3n) is 3.95. The van der Waals surface area contributed by atoms with Crippen molar-refractivity contribution in [2.24, 2.45) is 5.10 Å². The van der Waals surface area contributed by atoms with Crippen molar-refractivity contribution in [3.63, 3.8) is 0 Å². The van der Waals surface area contributed by atoms with E-state index in [-0.39, 0.29) is 11.1 Å². The number of amides is 2. The Morgan fingerprint density at radius 1 is 0.931 bits per heavy atom. The van der Waals surface area contributed by atoms with Crippen molar-refractivity contribution in [1.82, 2.24) is 5.43 Å². The van der Waals surface area contributed by atoms with Crippen LogP contribution in [0.2, 0.25) is 0 Å². The number of nitriles is 1. The topological polar surface area (TPSA) is 94.3 Å². The van der Waals surface area contributed by atoms with Crippen molar-refractivity contribution in [2.45, 2.75) is 0 Å². The zero-order valence-corrected chi connectivity index (χ0v) is 15.1. The van der Waals surface area contributed by atoms with Crippen LogP contribution in [0.4, 0.5) is 10.1 Å². The largest absolute Gasteiger partial charge is 0.321 e. The second-order valence-electron chi connectivity index (χ2n) is 5.94. The fraction of sp³-hybridized carbons (Fsp3) is 0. The molecule has 3 aromatic rings. The van der Waals surface area contributed by atoms with Crippen LogP contribution in [-0.2, 0) is 0 Å². The Hall–Kier alpha value is -4.31. The van der Waals surface area contributed by atoms with E-state index in [0.717, 1.165) is 0 Å². The quantitative estimate of drug-likeness (QED) is 0.517. The second-order valence-corrected chi connectivity index (χ2v) is 5.94. The van der Waals surface area contributed by atoms with E-state index in [1.165, 1.54) is 30.5 Å². The maximum Gasteiger partial charge on any atom is 0.273 e. The Labute approximate surface area is 166 Å². The molecule has 0 aromatic heterocycles. The highest BCUT2D eigenvalue weighted by molar-refractivity contribution is 6.09. The van der Waals surface area contributed by atoms with Crippen LogP contribution in [0.5, 0.6) is 0 Å². The van der Waals surface area contributed by atoms with Gasteiger partial charge in [-0.05, 0) is 54.1 Å². The molecule has 0 saturated carbocycles. The van der Waals surface area contributed by atoms with Gasteiger partial charge in [-0.2, -0.15) is 10.4 Å². The van der Waals surface area contributed by atoms with E-state index in [2.05, 4.69) is 15.8 Å². The summed E-state index contributed by atoms with van der Waals surface area (Å²) >= 11 is 0. The molecule has 0 heterocycles. The first kappa shape index (κ1) is 19.5. The lowest BCUT2D eigenvalue weighted by molar-refractivity contribution is 0.0956. The molecule has 6 nitrogen and oxygen atoms in total. The van der Waals surface area contributed by atoms with Crippen molar-refractivity contribution in [3.05, 3.63) is 101 Å². The van der Waals surface area contributed by atoms with Gasteiger partial charge in [0.1, 0.15) is 5.82 Å². The Morgan fingerprint density at radius 3 is 2.31 bits per heavy atom. The number of carbonyl (C=O) groups excluding carboxylic acids is 2. The summed E-state index contributed by atoms with van der Waals surface area (Å²) in [4.78, 5) is 24.8. The standard InChI is InChI=1S/C22H15FN4O2/c23-18-11-9-17(10-12-18)21(28)26-20-4-2-1-3-19(20)22(29)27-25-14-16-7-5-15(13-24)6-8-16/h1-12,14H,(H,26,28)(H,27,29)/b25-14-. The summed E-state index contributed by atoms with van der Waals surface area (Å²) in [7, 11) is 0. The van der Waals surface area contributed by atoms with Gasteiger partial charge in [0.15, 0.2) is 0 Å². The molecule has 2 N–H and O–H groups in total. The van der Waals surface area contributed by atoms with Gasteiger partial charge < -0.3 is 5.32 Å². The molecule has 3 rings (SSSR count). The first-order valence-electron chi connectivity index (χ1n) is 8.56. The average molecular weight is 386 g/mol. The molecule has 0 spiro atoms. The molecule has 0 fully saturated rings. The monoisotopic (exact) mass is 386 g/mol. The van der Waals surface area contributed by atoms with Gasteiger partial charge >= 0.3 is 0 Å². The van der Waals surface area contributed by atoms with Gasteiger partial charge in [0.2, 0.25) is 0 Å². The van der Waals surface area contributed by atoms with E-state index in [1.54, 1.807) is 48.5 Å². The third-order valence-corrected chi connectivity index (χ3v) is 3.95. The molecule has 7 heteroatoms. The van der Waals surface area contributed by atoms with Gasteiger partial charge in [-0.3, -0.25) is 9.59 Å². The van der Waals surface area contributed by atoms with Crippen molar-refractivity contribution in [3.8, 4) is 6.07 Å². The normalized spacial score (nSPS) is 10.3. The van der Waals surface area contributed by atoms with Gasteiger partial charge in [-0.15, -0.1) is 0 Å². The molecule has 2 amide bonds. The number of nitrogens with one attached hydrogen (secondary N) is 2. The predicted octanol–water partition coefficient (Wildman–Crippen LogP) is 3.71. The first-order chi connectivity index (χ1) is 14.1. The summed E-state index contributed by atoms with van der Waals surface area (Å²) in [6, 6.07) is 20.3. The fourth-order valence-corrected chi connectivity index (χ4v) is 2.46. The Kier molecular flexibility index (Phi) is 6.08. The van der Waals surface area contributed by atoms with Crippen LogP contribution < -0.4 is 10.7 Å².